The Morgan fingerprint density at radius 1 is 1.30 bits per heavy atom. The first-order valence-electron chi connectivity index (χ1n) is 8.66. The molecule has 0 amide bonds. The van der Waals surface area contributed by atoms with Gasteiger partial charge in [0.15, 0.2) is 0 Å². The van der Waals surface area contributed by atoms with Crippen LogP contribution < -0.4 is 0 Å². The fraction of sp³-hybridized carbons (Fsp3) is 0.412. The van der Waals surface area contributed by atoms with Gasteiger partial charge in [-0.05, 0) is 19.5 Å². The van der Waals surface area contributed by atoms with E-state index in [2.05, 4.69) is 26.9 Å². The van der Waals surface area contributed by atoms with Gasteiger partial charge < -0.3 is 10.0 Å². The van der Waals surface area contributed by atoms with Crippen LogP contribution in [0.15, 0.2) is 24.3 Å². The van der Waals surface area contributed by atoms with Gasteiger partial charge in [-0.15, -0.1) is 5.10 Å². The lowest BCUT2D eigenvalue weighted by Crippen LogP contribution is -2.46. The lowest BCUT2D eigenvalue weighted by molar-refractivity contribution is -0.384. The van der Waals surface area contributed by atoms with Gasteiger partial charge in [-0.3, -0.25) is 15.0 Å². The summed E-state index contributed by atoms with van der Waals surface area (Å²) in [4.78, 5) is 21.0. The maximum absolute atomic E-state index is 11.2. The number of hydrogen-bond donors (Lipinski definition) is 1. The van der Waals surface area contributed by atoms with Crippen molar-refractivity contribution in [1.29, 1.82) is 0 Å². The molecule has 3 heterocycles. The third-order valence-electron chi connectivity index (χ3n) is 4.85. The first-order chi connectivity index (χ1) is 12.9. The third kappa shape index (κ3) is 3.27. The molecule has 1 unspecified atom stereocenters. The van der Waals surface area contributed by atoms with Gasteiger partial charge in [0.2, 0.25) is 10.8 Å². The van der Waals surface area contributed by atoms with E-state index in [0.717, 1.165) is 31.7 Å². The molecular weight excluding hydrogens is 368 g/mol. The van der Waals surface area contributed by atoms with Gasteiger partial charge in [0.1, 0.15) is 5.82 Å². The summed E-state index contributed by atoms with van der Waals surface area (Å²) >= 11 is 1.37. The molecule has 0 spiro atoms. The molecule has 0 saturated carbocycles. The molecule has 4 rings (SSSR count). The van der Waals surface area contributed by atoms with E-state index in [1.165, 1.54) is 21.9 Å². The summed E-state index contributed by atoms with van der Waals surface area (Å²) in [5.41, 5.74) is 0.826. The minimum Gasteiger partial charge on any atom is -0.492 e. The molecule has 9 nitrogen and oxygen atoms in total. The normalized spacial score (nSPS) is 17.4. The molecule has 142 valence electrons. The second kappa shape index (κ2) is 6.87. The van der Waals surface area contributed by atoms with Crippen molar-refractivity contribution in [2.75, 3.05) is 33.2 Å². The van der Waals surface area contributed by atoms with Gasteiger partial charge in [-0.1, -0.05) is 23.5 Å². The van der Waals surface area contributed by atoms with Gasteiger partial charge in [-0.2, -0.15) is 4.52 Å². The minimum absolute atomic E-state index is 0.0430. The maximum atomic E-state index is 11.2. The Bertz CT molecular complexity index is 992. The summed E-state index contributed by atoms with van der Waals surface area (Å²) in [6.07, 6.45) is 0. The second-order valence-electron chi connectivity index (χ2n) is 6.74. The molecule has 1 aliphatic rings. The number of nitro benzene ring substituents is 1. The number of nitro groups is 1. The zero-order chi connectivity index (χ0) is 19.1. The quantitative estimate of drug-likeness (QED) is 0.539. The number of rotatable bonds is 4. The summed E-state index contributed by atoms with van der Waals surface area (Å²) < 4.78 is 1.44. The summed E-state index contributed by atoms with van der Waals surface area (Å²) in [6.45, 7) is 5.17. The Labute approximate surface area is 159 Å². The monoisotopic (exact) mass is 388 g/mol. The summed E-state index contributed by atoms with van der Waals surface area (Å²) in [6, 6.07) is 6.35. The van der Waals surface area contributed by atoms with Gasteiger partial charge >= 0.3 is 0 Å². The fourth-order valence-electron chi connectivity index (χ4n) is 3.44. The Kier molecular flexibility index (Phi) is 4.54. The van der Waals surface area contributed by atoms with Crippen molar-refractivity contribution in [3.8, 4) is 5.88 Å². The highest BCUT2D eigenvalue weighted by Crippen LogP contribution is 2.40. The van der Waals surface area contributed by atoms with Crippen LogP contribution in [0.4, 0.5) is 5.69 Å². The number of thiazole rings is 1. The van der Waals surface area contributed by atoms with Gasteiger partial charge in [-0.25, -0.2) is 4.98 Å². The van der Waals surface area contributed by atoms with Crippen LogP contribution in [0.25, 0.3) is 4.96 Å². The lowest BCUT2D eigenvalue weighted by atomic mass is 10.0. The van der Waals surface area contributed by atoms with Crippen LogP contribution in [0.3, 0.4) is 0 Å². The molecule has 1 saturated heterocycles. The Balaban J connectivity index is 1.82. The molecule has 27 heavy (non-hydrogen) atoms. The van der Waals surface area contributed by atoms with E-state index >= 15 is 0 Å². The third-order valence-corrected chi connectivity index (χ3v) is 5.93. The van der Waals surface area contributed by atoms with Crippen molar-refractivity contribution in [3.63, 3.8) is 0 Å². The van der Waals surface area contributed by atoms with Crippen LogP contribution in [0.5, 0.6) is 5.88 Å². The zero-order valence-corrected chi connectivity index (χ0v) is 15.9. The lowest BCUT2D eigenvalue weighted by Gasteiger charge is -2.37. The Morgan fingerprint density at radius 2 is 2.04 bits per heavy atom. The molecule has 0 radical (unpaired) electrons. The van der Waals surface area contributed by atoms with E-state index in [1.807, 2.05) is 6.07 Å². The molecule has 10 heteroatoms. The summed E-state index contributed by atoms with van der Waals surface area (Å²) in [5, 5.41) is 26.3. The molecule has 1 aliphatic heterocycles. The predicted octanol–water partition coefficient (Wildman–Crippen LogP) is 2.05. The SMILES string of the molecule is Cc1nc2sc(C(c3cccc([N+](=O)[O-])c3)N3CCN(C)CC3)c(O)n2n1. The summed E-state index contributed by atoms with van der Waals surface area (Å²) in [5.74, 6) is 0.639. The number of non-ortho nitro benzene ring substituents is 1. The number of nitrogens with zero attached hydrogens (tertiary/aromatic N) is 6. The van der Waals surface area contributed by atoms with Crippen LogP contribution in [-0.2, 0) is 0 Å². The number of hydrogen-bond acceptors (Lipinski definition) is 8. The zero-order valence-electron chi connectivity index (χ0n) is 15.1. The van der Waals surface area contributed by atoms with Crippen molar-refractivity contribution < 1.29 is 10.0 Å². The number of aryl methyl sites for hydroxylation is 1. The first-order valence-corrected chi connectivity index (χ1v) is 9.47. The average Bonchev–Trinajstić information content (AvgIpc) is 3.15. The van der Waals surface area contributed by atoms with E-state index in [4.69, 9.17) is 0 Å². The topological polar surface area (TPSA) is 100 Å². The smallest absolute Gasteiger partial charge is 0.269 e. The Hall–Kier alpha value is -2.56. The first kappa shape index (κ1) is 17.8. The van der Waals surface area contributed by atoms with Crippen molar-refractivity contribution in [2.45, 2.75) is 13.0 Å². The molecule has 1 aromatic carbocycles. The molecule has 3 aromatic rings. The van der Waals surface area contributed by atoms with Crippen molar-refractivity contribution >= 4 is 22.0 Å². The highest BCUT2D eigenvalue weighted by molar-refractivity contribution is 7.17. The average molecular weight is 388 g/mol. The molecular formula is C17H20N6O3S. The second-order valence-corrected chi connectivity index (χ2v) is 7.75. The minimum atomic E-state index is -0.392. The van der Waals surface area contributed by atoms with Gasteiger partial charge in [0.05, 0.1) is 15.8 Å². The van der Waals surface area contributed by atoms with E-state index in [9.17, 15) is 15.2 Å². The molecule has 1 fully saturated rings. The van der Waals surface area contributed by atoms with Gasteiger partial charge in [0, 0.05) is 38.3 Å². The van der Waals surface area contributed by atoms with Crippen molar-refractivity contribution in [2.24, 2.45) is 0 Å². The van der Waals surface area contributed by atoms with E-state index in [-0.39, 0.29) is 17.6 Å². The van der Waals surface area contributed by atoms with Crippen LogP contribution >= 0.6 is 11.3 Å². The highest BCUT2D eigenvalue weighted by atomic mass is 32.1. The van der Waals surface area contributed by atoms with Crippen LogP contribution in [0.2, 0.25) is 0 Å². The van der Waals surface area contributed by atoms with E-state index in [1.54, 1.807) is 19.1 Å². The summed E-state index contributed by atoms with van der Waals surface area (Å²) in [7, 11) is 2.07. The molecule has 2 aromatic heterocycles. The highest BCUT2D eigenvalue weighted by Gasteiger charge is 2.31. The number of aromatic hydroxyl groups is 1. The van der Waals surface area contributed by atoms with Crippen LogP contribution in [0.1, 0.15) is 22.3 Å². The van der Waals surface area contributed by atoms with Gasteiger partial charge in [0.25, 0.3) is 5.69 Å². The maximum Gasteiger partial charge on any atom is 0.269 e. The standard InChI is InChI=1S/C17H20N6O3S/c1-11-18-17-22(19-11)16(24)15(27-17)14(21-8-6-20(2)7-9-21)12-4-3-5-13(10-12)23(25)26/h3-5,10,14,24H,6-9H2,1-2H3. The molecule has 1 N–H and O–H groups in total. The van der Waals surface area contributed by atoms with E-state index < -0.39 is 4.92 Å². The van der Waals surface area contributed by atoms with Crippen molar-refractivity contribution in [1.82, 2.24) is 24.4 Å². The number of fused-ring (bicyclic) bond motifs is 1. The number of likely N-dealkylation sites (N-methyl/N-ethyl adjacent to an activating group) is 1. The molecule has 0 bridgehead atoms. The largest absolute Gasteiger partial charge is 0.492 e. The number of benzene rings is 1. The van der Waals surface area contributed by atoms with Crippen LogP contribution in [-0.4, -0.2) is 67.7 Å². The molecule has 0 aliphatic carbocycles. The number of aromatic nitrogens is 3. The Morgan fingerprint density at radius 3 is 2.70 bits per heavy atom. The number of piperazine rings is 1. The molecule has 1 atom stereocenters. The van der Waals surface area contributed by atoms with Crippen molar-refractivity contribution in [3.05, 3.63) is 50.6 Å². The van der Waals surface area contributed by atoms with Crippen LogP contribution in [0, 0.1) is 17.0 Å². The fourth-order valence-corrected chi connectivity index (χ4v) is 4.61. The van der Waals surface area contributed by atoms with E-state index in [0.29, 0.717) is 15.7 Å². The predicted molar refractivity (Wildman–Crippen MR) is 101 cm³/mol.